The Bertz CT molecular complexity index is 1240. The van der Waals surface area contributed by atoms with Crippen LogP contribution < -0.4 is 10.1 Å². The second-order valence-electron chi connectivity index (χ2n) is 10.8. The molecule has 0 saturated heterocycles. The van der Waals surface area contributed by atoms with Crippen LogP contribution in [0.2, 0.25) is 0 Å². The number of carbonyl (C=O) groups is 2. The quantitative estimate of drug-likeness (QED) is 0.482. The van der Waals surface area contributed by atoms with Gasteiger partial charge in [0.05, 0.1) is 24.9 Å². The van der Waals surface area contributed by atoms with Crippen molar-refractivity contribution < 1.29 is 18.7 Å². The number of hydrogen-bond acceptors (Lipinski definition) is 4. The number of ether oxygens (including phenoxy) is 1. The maximum Gasteiger partial charge on any atom is 0.271 e. The van der Waals surface area contributed by atoms with Gasteiger partial charge in [-0.25, -0.2) is 0 Å². The lowest BCUT2D eigenvalue weighted by molar-refractivity contribution is -0.134. The highest BCUT2D eigenvalue weighted by Crippen LogP contribution is 2.35. The molecule has 0 radical (unpaired) electrons. The molecule has 5 rings (SSSR count). The third kappa shape index (κ3) is 4.29. The molecule has 1 saturated carbocycles. The fraction of sp³-hybridized carbons (Fsp3) is 0.517. The number of nitrogens with one attached hydrogen (secondary N) is 1. The van der Waals surface area contributed by atoms with Crippen molar-refractivity contribution in [2.24, 2.45) is 11.8 Å². The summed E-state index contributed by atoms with van der Waals surface area (Å²) in [5.41, 5.74) is 1.96. The predicted molar refractivity (Wildman–Crippen MR) is 139 cm³/mol. The van der Waals surface area contributed by atoms with Crippen LogP contribution >= 0.6 is 0 Å². The maximum atomic E-state index is 14.0. The third-order valence-electron chi connectivity index (χ3n) is 8.30. The van der Waals surface area contributed by atoms with Gasteiger partial charge in [-0.1, -0.05) is 45.7 Å². The van der Waals surface area contributed by atoms with Gasteiger partial charge in [0.1, 0.15) is 17.0 Å². The van der Waals surface area contributed by atoms with Crippen molar-refractivity contribution in [2.75, 3.05) is 6.61 Å². The molecule has 1 aliphatic heterocycles. The first-order chi connectivity index (χ1) is 17.3. The van der Waals surface area contributed by atoms with Crippen LogP contribution in [-0.4, -0.2) is 39.5 Å². The van der Waals surface area contributed by atoms with Crippen LogP contribution in [0.4, 0.5) is 0 Å². The van der Waals surface area contributed by atoms with E-state index < -0.39 is 5.54 Å². The van der Waals surface area contributed by atoms with E-state index in [1.807, 2.05) is 41.8 Å². The topological polar surface area (TPSA) is 76.7 Å². The van der Waals surface area contributed by atoms with Crippen LogP contribution in [-0.2, 0) is 17.9 Å². The van der Waals surface area contributed by atoms with Gasteiger partial charge in [0, 0.05) is 24.7 Å². The van der Waals surface area contributed by atoms with Crippen molar-refractivity contribution in [1.29, 1.82) is 0 Å². The smallest absolute Gasteiger partial charge is 0.271 e. The van der Waals surface area contributed by atoms with Crippen molar-refractivity contribution in [2.45, 2.75) is 78.0 Å². The summed E-state index contributed by atoms with van der Waals surface area (Å²) >= 11 is 0. The number of fused-ring (bicyclic) bond motifs is 3. The Hall–Kier alpha value is -3.22. The van der Waals surface area contributed by atoms with E-state index in [1.165, 1.54) is 6.42 Å². The number of nitrogens with zero attached hydrogens (tertiary/aromatic N) is 2. The van der Waals surface area contributed by atoms with Crippen molar-refractivity contribution in [3.8, 4) is 5.75 Å². The first kappa shape index (κ1) is 24.5. The Morgan fingerprint density at radius 2 is 1.97 bits per heavy atom. The van der Waals surface area contributed by atoms with Gasteiger partial charge in [-0.2, -0.15) is 0 Å². The number of rotatable bonds is 7. The maximum absolute atomic E-state index is 14.0. The minimum Gasteiger partial charge on any atom is -0.494 e. The van der Waals surface area contributed by atoms with Crippen LogP contribution in [0.5, 0.6) is 5.75 Å². The van der Waals surface area contributed by atoms with Crippen LogP contribution in [0.25, 0.3) is 11.1 Å². The lowest BCUT2D eigenvalue weighted by Crippen LogP contribution is -2.65. The summed E-state index contributed by atoms with van der Waals surface area (Å²) in [6.07, 6.45) is 5.84. The van der Waals surface area contributed by atoms with E-state index in [0.717, 1.165) is 36.1 Å². The average molecular weight is 492 g/mol. The number of benzene rings is 1. The zero-order chi connectivity index (χ0) is 25.4. The van der Waals surface area contributed by atoms with E-state index in [4.69, 9.17) is 9.15 Å². The summed E-state index contributed by atoms with van der Waals surface area (Å²) in [5.74, 6) is 1.51. The third-order valence-corrected chi connectivity index (χ3v) is 8.30. The number of amides is 2. The highest BCUT2D eigenvalue weighted by atomic mass is 16.5. The molecule has 1 aliphatic carbocycles. The average Bonchev–Trinajstić information content (AvgIpc) is 3.46. The molecule has 0 bridgehead atoms. The number of hydrogen-bond donors (Lipinski definition) is 1. The Morgan fingerprint density at radius 3 is 2.72 bits per heavy atom. The van der Waals surface area contributed by atoms with E-state index in [1.54, 1.807) is 17.2 Å². The fourth-order valence-electron chi connectivity index (χ4n) is 5.72. The van der Waals surface area contributed by atoms with Crippen molar-refractivity contribution in [1.82, 2.24) is 14.8 Å². The molecule has 3 aromatic rings. The molecule has 1 aromatic carbocycles. The first-order valence-electron chi connectivity index (χ1n) is 13.2. The first-order valence-corrected chi connectivity index (χ1v) is 13.2. The molecule has 1 fully saturated rings. The fourth-order valence-corrected chi connectivity index (χ4v) is 5.72. The highest BCUT2D eigenvalue weighted by molar-refractivity contribution is 6.02. The minimum atomic E-state index is -1.05. The Kier molecular flexibility index (Phi) is 6.58. The van der Waals surface area contributed by atoms with Crippen LogP contribution in [0.3, 0.4) is 0 Å². The molecule has 36 heavy (non-hydrogen) atoms. The van der Waals surface area contributed by atoms with Crippen molar-refractivity contribution in [3.63, 3.8) is 0 Å². The van der Waals surface area contributed by atoms with E-state index >= 15 is 0 Å². The summed E-state index contributed by atoms with van der Waals surface area (Å²) < 4.78 is 13.2. The van der Waals surface area contributed by atoms with E-state index in [0.29, 0.717) is 42.8 Å². The van der Waals surface area contributed by atoms with Crippen LogP contribution in [0, 0.1) is 11.8 Å². The SMILES string of the molecule is CCCOc1ccc(CN2C(=O)c3cc4occc4n3C[C@]2(C)C(=O)N[C@@H]2CCC[C@H](C)[C@@H]2C)cc1. The van der Waals surface area contributed by atoms with Gasteiger partial charge in [0.2, 0.25) is 5.91 Å². The van der Waals surface area contributed by atoms with Gasteiger partial charge in [0.15, 0.2) is 5.58 Å². The normalized spacial score (nSPS) is 26.2. The van der Waals surface area contributed by atoms with Crippen LogP contribution in [0.15, 0.2) is 47.1 Å². The Balaban J connectivity index is 1.47. The van der Waals surface area contributed by atoms with Gasteiger partial charge < -0.3 is 23.9 Å². The minimum absolute atomic E-state index is 0.0966. The zero-order valence-electron chi connectivity index (χ0n) is 21.8. The molecule has 0 unspecified atom stereocenters. The summed E-state index contributed by atoms with van der Waals surface area (Å²) in [6, 6.07) is 11.6. The molecule has 4 atom stereocenters. The van der Waals surface area contributed by atoms with Gasteiger partial charge in [0.25, 0.3) is 5.91 Å². The zero-order valence-corrected chi connectivity index (χ0v) is 21.8. The molecule has 2 amide bonds. The van der Waals surface area contributed by atoms with Gasteiger partial charge >= 0.3 is 0 Å². The highest BCUT2D eigenvalue weighted by Gasteiger charge is 2.48. The molecule has 192 valence electrons. The summed E-state index contributed by atoms with van der Waals surface area (Å²) in [4.78, 5) is 29.6. The predicted octanol–water partition coefficient (Wildman–Crippen LogP) is 5.38. The second kappa shape index (κ2) is 9.68. The molecule has 1 N–H and O–H groups in total. The molecule has 2 aromatic heterocycles. The van der Waals surface area contributed by atoms with E-state index in [9.17, 15) is 9.59 Å². The largest absolute Gasteiger partial charge is 0.494 e. The standard InChI is InChI=1S/C29H37N3O4/c1-5-14-35-22-11-9-21(10-12-22)17-32-27(33)25-16-26-24(13-15-36-26)31(25)18-29(32,4)28(34)30-23-8-6-7-19(2)20(23)3/h9-13,15-16,19-20,23H,5-8,14,17-18H2,1-4H3,(H,30,34)/t19-,20-,23+,29+/m0/s1. The Morgan fingerprint density at radius 1 is 1.19 bits per heavy atom. The van der Waals surface area contributed by atoms with Gasteiger partial charge in [-0.3, -0.25) is 9.59 Å². The number of aromatic nitrogens is 1. The second-order valence-corrected chi connectivity index (χ2v) is 10.8. The van der Waals surface area contributed by atoms with Gasteiger partial charge in [-0.05, 0) is 49.3 Å². The molecule has 2 aliphatic rings. The molecule has 0 spiro atoms. The summed E-state index contributed by atoms with van der Waals surface area (Å²) in [7, 11) is 0. The Labute approximate surface area is 212 Å². The summed E-state index contributed by atoms with van der Waals surface area (Å²) in [5, 5.41) is 3.35. The van der Waals surface area contributed by atoms with E-state index in [2.05, 4.69) is 26.1 Å². The summed E-state index contributed by atoms with van der Waals surface area (Å²) in [6.45, 7) is 9.82. The number of furan rings is 1. The monoisotopic (exact) mass is 491 g/mol. The molecular formula is C29H37N3O4. The lowest BCUT2D eigenvalue weighted by atomic mass is 9.77. The van der Waals surface area contributed by atoms with Crippen molar-refractivity contribution in [3.05, 3.63) is 53.9 Å². The van der Waals surface area contributed by atoms with Crippen molar-refractivity contribution >= 4 is 22.9 Å². The van der Waals surface area contributed by atoms with Gasteiger partial charge in [-0.15, -0.1) is 0 Å². The molecule has 7 nitrogen and oxygen atoms in total. The molecule has 3 heterocycles. The number of carbonyl (C=O) groups excluding carboxylic acids is 2. The molecule has 7 heteroatoms. The lowest BCUT2D eigenvalue weighted by Gasteiger charge is -2.45. The molecular weight excluding hydrogens is 454 g/mol. The van der Waals surface area contributed by atoms with E-state index in [-0.39, 0.29) is 17.9 Å². The van der Waals surface area contributed by atoms with Crippen LogP contribution in [0.1, 0.15) is 69.4 Å².